The largest absolute Gasteiger partial charge is 0.477 e. The molecule has 0 bridgehead atoms. The van der Waals surface area contributed by atoms with Gasteiger partial charge in [0.25, 0.3) is 5.79 Å². The summed E-state index contributed by atoms with van der Waals surface area (Å²) < 4.78 is 35.0. The molecule has 3 fully saturated rings. The number of aliphatic hydroxyl groups is 11. The Labute approximate surface area is 644 Å². The average molecular weight is 1530 g/mol. The van der Waals surface area contributed by atoms with Crippen LogP contribution in [0.1, 0.15) is 355 Å². The van der Waals surface area contributed by atoms with Gasteiger partial charge < -0.3 is 100 Å². The van der Waals surface area contributed by atoms with Crippen LogP contribution in [0.2, 0.25) is 0 Å². The van der Waals surface area contributed by atoms with Crippen LogP contribution in [0.25, 0.3) is 0 Å². The van der Waals surface area contributed by atoms with E-state index in [1.165, 1.54) is 263 Å². The van der Waals surface area contributed by atoms with E-state index in [-0.39, 0.29) is 12.3 Å². The summed E-state index contributed by atoms with van der Waals surface area (Å²) in [6.07, 6.45) is 42.2. The Kier molecular flexibility index (Phi) is 57.6. The molecule has 0 saturated carbocycles. The summed E-state index contributed by atoms with van der Waals surface area (Å²) in [4.78, 5) is 38.7. The zero-order valence-corrected chi connectivity index (χ0v) is 66.8. The number of ether oxygens (including phenoxy) is 6. The van der Waals surface area contributed by atoms with Crippen LogP contribution in [0.4, 0.5) is 0 Å². The summed E-state index contributed by atoms with van der Waals surface area (Å²) in [7, 11) is 0. The molecule has 0 aromatic heterocycles. The summed E-state index contributed by atoms with van der Waals surface area (Å²) in [5.74, 6) is -6.13. The first-order chi connectivity index (χ1) is 51.9. The number of hydrogen-bond acceptors (Lipinski definition) is 20. The molecule has 0 aromatic rings. The van der Waals surface area contributed by atoms with Crippen molar-refractivity contribution in [1.82, 2.24) is 10.6 Å². The number of carbonyl (C=O) groups excluding carboxylic acids is 2. The third-order valence-corrected chi connectivity index (χ3v) is 21.9. The number of allylic oxidation sites excluding steroid dienone is 3. The summed E-state index contributed by atoms with van der Waals surface area (Å²) in [5, 5.41) is 137. The van der Waals surface area contributed by atoms with Gasteiger partial charge in [-0.2, -0.15) is 0 Å². The molecule has 18 unspecified atom stereocenters. The Balaban J connectivity index is 1.48. The van der Waals surface area contributed by atoms with E-state index in [9.17, 15) is 75.7 Å². The second-order valence-electron chi connectivity index (χ2n) is 31.4. The van der Waals surface area contributed by atoms with Crippen molar-refractivity contribution in [3.8, 4) is 0 Å². The maximum absolute atomic E-state index is 13.6. The van der Waals surface area contributed by atoms with Crippen LogP contribution in [0.15, 0.2) is 24.3 Å². The molecule has 107 heavy (non-hydrogen) atoms. The lowest BCUT2D eigenvalue weighted by atomic mass is 9.88. The molecule has 14 N–H and O–H groups in total. The van der Waals surface area contributed by atoms with E-state index in [1.807, 2.05) is 6.08 Å². The van der Waals surface area contributed by atoms with E-state index < -0.39 is 155 Å². The minimum atomic E-state index is -3.08. The van der Waals surface area contributed by atoms with Gasteiger partial charge in [0.15, 0.2) is 12.6 Å². The van der Waals surface area contributed by atoms with Crippen molar-refractivity contribution in [3.63, 3.8) is 0 Å². The van der Waals surface area contributed by atoms with E-state index in [4.69, 9.17) is 28.4 Å². The van der Waals surface area contributed by atoms with Gasteiger partial charge in [0.2, 0.25) is 11.8 Å². The van der Waals surface area contributed by atoms with Crippen molar-refractivity contribution in [3.05, 3.63) is 24.3 Å². The molecular weight excluding hydrogens is 1370 g/mol. The smallest absolute Gasteiger partial charge is 0.364 e. The normalized spacial score (nSPS) is 26.1. The maximum Gasteiger partial charge on any atom is 0.364 e. The highest BCUT2D eigenvalue weighted by molar-refractivity contribution is 5.77. The Hall–Kier alpha value is -2.79. The molecule has 3 rings (SSSR count). The van der Waals surface area contributed by atoms with Gasteiger partial charge >= 0.3 is 5.97 Å². The predicted octanol–water partition coefficient (Wildman–Crippen LogP) is 12.7. The lowest BCUT2D eigenvalue weighted by Crippen LogP contribution is -2.70. The van der Waals surface area contributed by atoms with Crippen LogP contribution < -0.4 is 10.6 Å². The Morgan fingerprint density at radius 2 is 0.879 bits per heavy atom. The third kappa shape index (κ3) is 42.2. The fourth-order valence-corrected chi connectivity index (χ4v) is 15.1. The molecule has 3 aliphatic heterocycles. The number of aliphatic hydroxyl groups excluding tert-OH is 11. The molecule has 2 amide bonds. The SMILES string of the molecule is CCCCCCCCCCCCCC/C=C\CCCCCCCCCCCCCCCCC(=O)NC(COC1OC(CO)C(OC2OC(CO)C(O)C(OC3(C(=O)O)CC(O)C(NC(C)=O)C(C(O)C(O)CO)O3)C2O)C(O)C1O)C(O)/C=C/CCCCCCCCCCCCCCCCCCCCCCC. The summed E-state index contributed by atoms with van der Waals surface area (Å²) in [5.41, 5.74) is 0. The van der Waals surface area contributed by atoms with Crippen LogP contribution in [-0.2, 0) is 42.8 Å². The molecule has 0 aromatic carbocycles. The van der Waals surface area contributed by atoms with Crippen molar-refractivity contribution in [1.29, 1.82) is 0 Å². The second-order valence-corrected chi connectivity index (χ2v) is 31.4. The standard InChI is InChI=1S/C84H156N2O21/c1-4-6-8-10-12-14-16-18-20-22-24-26-28-29-30-31-32-33-34-36-38-40-42-44-46-48-50-52-54-56-58-71(94)86-65(66(91)57-55-53-51-49-47-45-43-41-39-37-35-27-25-23-21-19-17-15-13-11-9-7-5-2)63-102-81-76(98)75(97)78(70(62-89)104-81)105-82-77(99)80(74(96)69(61-88)103-82)107-84(83(100)101)59-67(92)72(85-64(3)90)79(106-84)73(95)68(93)60-87/h29-30,55,57,65-70,72-82,87-89,91-93,95-99H,4-28,31-54,56,58-63H2,1-3H3,(H,85,90)(H,86,94)(H,100,101)/b30-29-,57-55+. The van der Waals surface area contributed by atoms with Gasteiger partial charge in [-0.15, -0.1) is 0 Å². The first-order valence-corrected chi connectivity index (χ1v) is 43.2. The van der Waals surface area contributed by atoms with Crippen LogP contribution >= 0.6 is 0 Å². The number of rotatable bonds is 69. The first kappa shape index (κ1) is 98.4. The van der Waals surface area contributed by atoms with Gasteiger partial charge in [-0.3, -0.25) is 9.59 Å². The van der Waals surface area contributed by atoms with E-state index >= 15 is 0 Å². The number of aliphatic carboxylic acids is 1. The molecule has 3 aliphatic rings. The van der Waals surface area contributed by atoms with Crippen LogP contribution in [0.5, 0.6) is 0 Å². The highest BCUT2D eigenvalue weighted by Crippen LogP contribution is 2.39. The molecule has 0 spiro atoms. The van der Waals surface area contributed by atoms with Crippen LogP contribution in [0.3, 0.4) is 0 Å². The van der Waals surface area contributed by atoms with Gasteiger partial charge in [-0.25, -0.2) is 4.79 Å². The summed E-state index contributed by atoms with van der Waals surface area (Å²) in [6, 6.07) is -2.62. The monoisotopic (exact) mass is 1530 g/mol. The molecular formula is C84H156N2O21. The summed E-state index contributed by atoms with van der Waals surface area (Å²) in [6.45, 7) is 2.20. The van der Waals surface area contributed by atoms with Gasteiger partial charge in [0.05, 0.1) is 50.7 Å². The van der Waals surface area contributed by atoms with Gasteiger partial charge in [0.1, 0.15) is 67.1 Å². The molecule has 628 valence electrons. The number of nitrogens with one attached hydrogen (secondary N) is 2. The summed E-state index contributed by atoms with van der Waals surface area (Å²) >= 11 is 0. The zero-order chi connectivity index (χ0) is 78.1. The lowest BCUT2D eigenvalue weighted by molar-refractivity contribution is -0.386. The number of amides is 2. The third-order valence-electron chi connectivity index (χ3n) is 21.9. The minimum Gasteiger partial charge on any atom is -0.477 e. The van der Waals surface area contributed by atoms with Crippen LogP contribution in [-0.4, -0.2) is 215 Å². The topological polar surface area (TPSA) is 373 Å². The maximum atomic E-state index is 13.6. The van der Waals surface area contributed by atoms with Crippen molar-refractivity contribution >= 4 is 17.8 Å². The molecule has 18 atom stereocenters. The van der Waals surface area contributed by atoms with Gasteiger partial charge in [-0.05, 0) is 44.9 Å². The highest BCUT2D eigenvalue weighted by atomic mass is 16.8. The fraction of sp³-hybridized carbons (Fsp3) is 0.917. The number of hydrogen-bond donors (Lipinski definition) is 14. The number of carboxylic acid groups (broad SMARTS) is 1. The van der Waals surface area contributed by atoms with E-state index in [2.05, 4.69) is 36.6 Å². The quantitative estimate of drug-likeness (QED) is 0.0199. The van der Waals surface area contributed by atoms with Crippen LogP contribution in [0, 0.1) is 0 Å². The van der Waals surface area contributed by atoms with Crippen molar-refractivity contribution < 1.29 is 104 Å². The number of carbonyl (C=O) groups is 3. The number of unbranched alkanes of at least 4 members (excludes halogenated alkanes) is 47. The van der Waals surface area contributed by atoms with Crippen molar-refractivity contribution in [2.24, 2.45) is 0 Å². The molecule has 23 nitrogen and oxygen atoms in total. The Morgan fingerprint density at radius 1 is 0.486 bits per heavy atom. The first-order valence-electron chi connectivity index (χ1n) is 43.2. The fourth-order valence-electron chi connectivity index (χ4n) is 15.1. The Bertz CT molecular complexity index is 2220. The average Bonchev–Trinajstić information content (AvgIpc) is 0.754. The molecule has 23 heteroatoms. The molecule has 0 aliphatic carbocycles. The van der Waals surface area contributed by atoms with Crippen molar-refractivity contribution in [2.75, 3.05) is 26.4 Å². The zero-order valence-electron chi connectivity index (χ0n) is 66.8. The minimum absolute atomic E-state index is 0.203. The predicted molar refractivity (Wildman–Crippen MR) is 417 cm³/mol. The van der Waals surface area contributed by atoms with E-state index in [0.717, 1.165) is 51.9 Å². The van der Waals surface area contributed by atoms with Gasteiger partial charge in [0, 0.05) is 19.8 Å². The highest BCUT2D eigenvalue weighted by Gasteiger charge is 2.60. The lowest BCUT2D eigenvalue weighted by Gasteiger charge is -2.50. The molecule has 3 heterocycles. The van der Waals surface area contributed by atoms with E-state index in [1.54, 1.807) is 6.08 Å². The number of carboxylic acids is 1. The molecule has 3 saturated heterocycles. The molecule has 0 radical (unpaired) electrons. The van der Waals surface area contributed by atoms with Gasteiger partial charge in [-0.1, -0.05) is 314 Å². The van der Waals surface area contributed by atoms with Crippen molar-refractivity contribution in [2.45, 2.75) is 464 Å². The second kappa shape index (κ2) is 62.6. The van der Waals surface area contributed by atoms with E-state index in [0.29, 0.717) is 12.8 Å². The Morgan fingerprint density at radius 3 is 1.27 bits per heavy atom.